The lowest BCUT2D eigenvalue weighted by molar-refractivity contribution is -0.139. The number of amides is 1. The number of benzene rings is 1. The van der Waals surface area contributed by atoms with Crippen molar-refractivity contribution in [2.75, 3.05) is 39.3 Å². The molecule has 6 nitrogen and oxygen atoms in total. The summed E-state index contributed by atoms with van der Waals surface area (Å²) in [6, 6.07) is 7.55. The lowest BCUT2D eigenvalue weighted by Crippen LogP contribution is -2.41. The maximum absolute atomic E-state index is 12.6. The fourth-order valence-electron chi connectivity index (χ4n) is 3.45. The molecule has 0 N–H and O–H groups in total. The predicted molar refractivity (Wildman–Crippen MR) is 107 cm³/mol. The summed E-state index contributed by atoms with van der Waals surface area (Å²) in [5, 5.41) is 0.658. The van der Waals surface area contributed by atoms with Crippen LogP contribution in [0, 0.1) is 0 Å². The molecule has 2 heterocycles. The zero-order valence-electron chi connectivity index (χ0n) is 16.0. The lowest BCUT2D eigenvalue weighted by atomic mass is 9.93. The van der Waals surface area contributed by atoms with Crippen molar-refractivity contribution in [1.29, 1.82) is 0 Å². The van der Waals surface area contributed by atoms with Crippen molar-refractivity contribution in [2.45, 2.75) is 25.3 Å². The summed E-state index contributed by atoms with van der Waals surface area (Å²) < 4.78 is 5.08. The Morgan fingerprint density at radius 1 is 1.37 bits per heavy atom. The molecule has 0 aliphatic carbocycles. The van der Waals surface area contributed by atoms with Gasteiger partial charge in [-0.1, -0.05) is 23.7 Å². The van der Waals surface area contributed by atoms with Crippen molar-refractivity contribution >= 4 is 23.5 Å². The Morgan fingerprint density at radius 3 is 2.89 bits per heavy atom. The van der Waals surface area contributed by atoms with E-state index in [4.69, 9.17) is 21.3 Å². The van der Waals surface area contributed by atoms with Crippen LogP contribution >= 0.6 is 11.6 Å². The standard InChI is InChI=1S/C20H25ClN4O2/c1-24(2)20-22-12-16(14-7-6-8-15(21)11-14)19(23-20)17-9-4-5-10-25(17)18(26)13-27-3/h6-8,11-12,17H,4-5,9-10,13H2,1-3H3. The molecule has 0 bridgehead atoms. The first kappa shape index (κ1) is 19.6. The fourth-order valence-corrected chi connectivity index (χ4v) is 3.64. The van der Waals surface area contributed by atoms with Gasteiger partial charge < -0.3 is 14.5 Å². The second kappa shape index (κ2) is 8.67. The van der Waals surface area contributed by atoms with Gasteiger partial charge in [0.05, 0.1) is 11.7 Å². The molecule has 0 saturated carbocycles. The molecule has 1 aliphatic rings. The fraction of sp³-hybridized carbons (Fsp3) is 0.450. The molecule has 1 fully saturated rings. The summed E-state index contributed by atoms with van der Waals surface area (Å²) in [4.78, 5) is 25.7. The van der Waals surface area contributed by atoms with E-state index in [2.05, 4.69) is 4.98 Å². The molecule has 1 aromatic carbocycles. The number of ether oxygens (including phenoxy) is 1. The molecule has 27 heavy (non-hydrogen) atoms. The summed E-state index contributed by atoms with van der Waals surface area (Å²) >= 11 is 6.20. The molecule has 1 aliphatic heterocycles. The third kappa shape index (κ3) is 4.39. The van der Waals surface area contributed by atoms with Crippen LogP contribution in [0.5, 0.6) is 0 Å². The van der Waals surface area contributed by atoms with E-state index in [-0.39, 0.29) is 18.6 Å². The molecule has 7 heteroatoms. The zero-order chi connectivity index (χ0) is 19.4. The SMILES string of the molecule is COCC(=O)N1CCCCC1c1nc(N(C)C)ncc1-c1cccc(Cl)c1. The van der Waals surface area contributed by atoms with Gasteiger partial charge in [-0.05, 0) is 37.0 Å². The Morgan fingerprint density at radius 2 is 2.19 bits per heavy atom. The molecule has 2 aromatic rings. The molecular weight excluding hydrogens is 364 g/mol. The van der Waals surface area contributed by atoms with Gasteiger partial charge in [-0.3, -0.25) is 4.79 Å². The number of carbonyl (C=O) groups is 1. The molecule has 0 spiro atoms. The van der Waals surface area contributed by atoms with Crippen molar-refractivity contribution in [3.8, 4) is 11.1 Å². The van der Waals surface area contributed by atoms with Gasteiger partial charge in [0.1, 0.15) is 6.61 Å². The highest BCUT2D eigenvalue weighted by Gasteiger charge is 2.31. The van der Waals surface area contributed by atoms with Gasteiger partial charge in [0, 0.05) is 44.5 Å². The molecule has 1 unspecified atom stereocenters. The van der Waals surface area contributed by atoms with E-state index in [1.54, 1.807) is 7.11 Å². The lowest BCUT2D eigenvalue weighted by Gasteiger charge is -2.36. The van der Waals surface area contributed by atoms with Crippen molar-refractivity contribution < 1.29 is 9.53 Å². The van der Waals surface area contributed by atoms with Crippen molar-refractivity contribution in [1.82, 2.24) is 14.9 Å². The smallest absolute Gasteiger partial charge is 0.249 e. The van der Waals surface area contributed by atoms with Gasteiger partial charge >= 0.3 is 0 Å². The van der Waals surface area contributed by atoms with Crippen LogP contribution < -0.4 is 4.90 Å². The number of nitrogens with zero attached hydrogens (tertiary/aromatic N) is 4. The largest absolute Gasteiger partial charge is 0.375 e. The second-order valence-corrected chi connectivity index (χ2v) is 7.34. The number of carbonyl (C=O) groups excluding carboxylic acids is 1. The molecular formula is C20H25ClN4O2. The van der Waals surface area contributed by atoms with Gasteiger partial charge in [0.2, 0.25) is 11.9 Å². The summed E-state index contributed by atoms with van der Waals surface area (Å²) in [5.41, 5.74) is 2.72. The van der Waals surface area contributed by atoms with Crippen LogP contribution in [0.2, 0.25) is 5.02 Å². The minimum Gasteiger partial charge on any atom is -0.375 e. The number of halogens is 1. The van der Waals surface area contributed by atoms with E-state index >= 15 is 0 Å². The van der Waals surface area contributed by atoms with E-state index < -0.39 is 0 Å². The van der Waals surface area contributed by atoms with E-state index in [0.29, 0.717) is 17.5 Å². The summed E-state index contributed by atoms with van der Waals surface area (Å²) in [7, 11) is 5.36. The Labute approximate surface area is 165 Å². The third-order valence-corrected chi connectivity index (χ3v) is 4.98. The molecule has 1 aromatic heterocycles. The number of aromatic nitrogens is 2. The van der Waals surface area contributed by atoms with Crippen LogP contribution in [0.4, 0.5) is 5.95 Å². The normalized spacial score (nSPS) is 17.0. The van der Waals surface area contributed by atoms with Crippen LogP contribution in [0.25, 0.3) is 11.1 Å². The van der Waals surface area contributed by atoms with Crippen LogP contribution in [-0.4, -0.2) is 55.1 Å². The number of hydrogen-bond donors (Lipinski definition) is 0. The Balaban J connectivity index is 2.10. The molecule has 0 radical (unpaired) electrons. The molecule has 144 valence electrons. The van der Waals surface area contributed by atoms with Crippen molar-refractivity contribution in [3.05, 3.63) is 41.2 Å². The van der Waals surface area contributed by atoms with Gasteiger partial charge in [-0.25, -0.2) is 9.97 Å². The summed E-state index contributed by atoms with van der Waals surface area (Å²) in [6.07, 6.45) is 4.74. The first-order chi connectivity index (χ1) is 13.0. The minimum atomic E-state index is -0.0999. The summed E-state index contributed by atoms with van der Waals surface area (Å²) in [5.74, 6) is 0.616. The van der Waals surface area contributed by atoms with E-state index in [9.17, 15) is 4.79 Å². The van der Waals surface area contributed by atoms with Crippen LogP contribution in [0.15, 0.2) is 30.5 Å². The predicted octanol–water partition coefficient (Wildman–Crippen LogP) is 3.56. The second-order valence-electron chi connectivity index (χ2n) is 6.91. The number of anilines is 1. The molecule has 1 saturated heterocycles. The highest BCUT2D eigenvalue weighted by Crippen LogP contribution is 2.37. The summed E-state index contributed by atoms with van der Waals surface area (Å²) in [6.45, 7) is 0.789. The first-order valence-corrected chi connectivity index (χ1v) is 9.47. The topological polar surface area (TPSA) is 58.6 Å². The van der Waals surface area contributed by atoms with Crippen LogP contribution in [-0.2, 0) is 9.53 Å². The van der Waals surface area contributed by atoms with E-state index in [1.807, 2.05) is 54.4 Å². The monoisotopic (exact) mass is 388 g/mol. The minimum absolute atomic E-state index is 0.00995. The zero-order valence-corrected chi connectivity index (χ0v) is 16.7. The first-order valence-electron chi connectivity index (χ1n) is 9.10. The van der Waals surface area contributed by atoms with Crippen molar-refractivity contribution in [3.63, 3.8) is 0 Å². The molecule has 3 rings (SSSR count). The highest BCUT2D eigenvalue weighted by atomic mass is 35.5. The maximum atomic E-state index is 12.6. The van der Waals surface area contributed by atoms with Gasteiger partial charge in [0.25, 0.3) is 0 Å². The van der Waals surface area contributed by atoms with Crippen LogP contribution in [0.1, 0.15) is 31.0 Å². The Kier molecular flexibility index (Phi) is 6.29. The Hall–Kier alpha value is -2.18. The number of methoxy groups -OCH3 is 1. The average molecular weight is 389 g/mol. The number of piperidine rings is 1. The molecule has 1 atom stereocenters. The number of likely N-dealkylation sites (tertiary alicyclic amines) is 1. The van der Waals surface area contributed by atoms with Gasteiger partial charge in [-0.15, -0.1) is 0 Å². The number of hydrogen-bond acceptors (Lipinski definition) is 5. The quantitative estimate of drug-likeness (QED) is 0.783. The highest BCUT2D eigenvalue weighted by molar-refractivity contribution is 6.30. The number of rotatable bonds is 5. The Bertz CT molecular complexity index is 812. The van der Waals surface area contributed by atoms with E-state index in [1.165, 1.54) is 0 Å². The molecule has 1 amide bonds. The van der Waals surface area contributed by atoms with E-state index in [0.717, 1.165) is 36.1 Å². The van der Waals surface area contributed by atoms with Crippen LogP contribution in [0.3, 0.4) is 0 Å². The van der Waals surface area contributed by atoms with Gasteiger partial charge in [0.15, 0.2) is 0 Å². The maximum Gasteiger partial charge on any atom is 0.249 e. The van der Waals surface area contributed by atoms with Gasteiger partial charge in [-0.2, -0.15) is 0 Å². The van der Waals surface area contributed by atoms with Crippen molar-refractivity contribution in [2.24, 2.45) is 0 Å². The third-order valence-electron chi connectivity index (χ3n) is 4.75. The average Bonchev–Trinajstić information content (AvgIpc) is 2.67.